The number of aromatic nitrogens is 1. The molecule has 0 bridgehead atoms. The number of aromatic amines is 1. The Morgan fingerprint density at radius 2 is 2.08 bits per heavy atom. The Morgan fingerprint density at radius 1 is 1.25 bits per heavy atom. The number of rotatable bonds is 6. The predicted molar refractivity (Wildman–Crippen MR) is 93.3 cm³/mol. The number of nitrogens with one attached hydrogen (secondary N) is 2. The zero-order chi connectivity index (χ0) is 16.9. The molecule has 3 rings (SSSR count). The summed E-state index contributed by atoms with van der Waals surface area (Å²) >= 11 is 0. The van der Waals surface area contributed by atoms with Crippen LogP contribution in [0.25, 0.3) is 10.9 Å². The number of fused-ring (bicyclic) bond motifs is 1. The summed E-state index contributed by atoms with van der Waals surface area (Å²) in [6.07, 6.45) is 1.02. The highest BCUT2D eigenvalue weighted by Gasteiger charge is 2.13. The molecule has 3 aromatic rings. The highest BCUT2D eigenvalue weighted by Crippen LogP contribution is 2.16. The van der Waals surface area contributed by atoms with Crippen LogP contribution in [0.15, 0.2) is 54.7 Å². The first-order chi connectivity index (χ1) is 11.6. The number of para-hydroxylation sites is 1. The third kappa shape index (κ3) is 3.75. The third-order valence-corrected chi connectivity index (χ3v) is 3.76. The first-order valence-electron chi connectivity index (χ1n) is 7.85. The van der Waals surface area contributed by atoms with Gasteiger partial charge in [-0.1, -0.05) is 24.3 Å². The Labute approximate surface area is 140 Å². The molecule has 1 unspecified atom stereocenters. The first-order valence-corrected chi connectivity index (χ1v) is 7.85. The molecule has 0 aliphatic rings. The van der Waals surface area contributed by atoms with Crippen LogP contribution in [0.2, 0.25) is 0 Å². The minimum Gasteiger partial charge on any atom is -0.491 e. The van der Waals surface area contributed by atoms with Crippen molar-refractivity contribution in [2.24, 2.45) is 0 Å². The van der Waals surface area contributed by atoms with Crippen LogP contribution >= 0.6 is 0 Å². The molecule has 0 radical (unpaired) electrons. The number of hydrogen-bond donors (Lipinski definition) is 3. The smallest absolute Gasteiger partial charge is 0.253 e. The zero-order valence-electron chi connectivity index (χ0n) is 13.5. The SMILES string of the molecule is Cc1cccc(OCC(O)CNC(=O)c2cccc3cc[nH]c23)c1. The summed E-state index contributed by atoms with van der Waals surface area (Å²) < 4.78 is 5.54. The molecule has 0 spiro atoms. The summed E-state index contributed by atoms with van der Waals surface area (Å²) in [6, 6.07) is 15.1. The van der Waals surface area contributed by atoms with Gasteiger partial charge < -0.3 is 20.1 Å². The summed E-state index contributed by atoms with van der Waals surface area (Å²) in [4.78, 5) is 15.4. The van der Waals surface area contributed by atoms with E-state index in [1.807, 2.05) is 49.4 Å². The maximum atomic E-state index is 12.3. The molecular formula is C19H20N2O3. The number of aryl methyl sites for hydroxylation is 1. The minimum atomic E-state index is -0.780. The lowest BCUT2D eigenvalue weighted by atomic mass is 10.1. The van der Waals surface area contributed by atoms with Gasteiger partial charge in [-0.3, -0.25) is 4.79 Å². The Bertz CT molecular complexity index is 841. The molecule has 5 nitrogen and oxygen atoms in total. The van der Waals surface area contributed by atoms with Gasteiger partial charge in [0.15, 0.2) is 0 Å². The van der Waals surface area contributed by atoms with Crippen molar-refractivity contribution in [1.82, 2.24) is 10.3 Å². The fourth-order valence-corrected chi connectivity index (χ4v) is 2.54. The zero-order valence-corrected chi connectivity index (χ0v) is 13.5. The summed E-state index contributed by atoms with van der Waals surface area (Å²) in [6.45, 7) is 2.23. The van der Waals surface area contributed by atoms with Crippen LogP contribution in [0.4, 0.5) is 0 Å². The molecule has 0 aliphatic heterocycles. The maximum absolute atomic E-state index is 12.3. The molecular weight excluding hydrogens is 304 g/mol. The molecule has 0 saturated heterocycles. The minimum absolute atomic E-state index is 0.121. The number of aliphatic hydroxyl groups is 1. The van der Waals surface area contributed by atoms with Crippen molar-refractivity contribution < 1.29 is 14.6 Å². The second kappa shape index (κ2) is 7.19. The van der Waals surface area contributed by atoms with Gasteiger partial charge in [0, 0.05) is 18.1 Å². The van der Waals surface area contributed by atoms with E-state index in [1.54, 1.807) is 12.3 Å². The van der Waals surface area contributed by atoms with Gasteiger partial charge in [0.25, 0.3) is 5.91 Å². The first kappa shape index (κ1) is 16.1. The van der Waals surface area contributed by atoms with Crippen molar-refractivity contribution in [2.75, 3.05) is 13.2 Å². The van der Waals surface area contributed by atoms with Gasteiger partial charge in [-0.05, 0) is 36.8 Å². The Hall–Kier alpha value is -2.79. The number of hydrogen-bond acceptors (Lipinski definition) is 3. The van der Waals surface area contributed by atoms with E-state index < -0.39 is 6.10 Å². The van der Waals surface area contributed by atoms with Crippen LogP contribution in [0.5, 0.6) is 5.75 Å². The molecule has 1 heterocycles. The number of H-pyrrole nitrogens is 1. The number of carbonyl (C=O) groups excluding carboxylic acids is 1. The van der Waals surface area contributed by atoms with Crippen LogP contribution in [-0.2, 0) is 0 Å². The normalized spacial score (nSPS) is 12.1. The summed E-state index contributed by atoms with van der Waals surface area (Å²) in [7, 11) is 0. The van der Waals surface area contributed by atoms with Crippen LogP contribution in [-0.4, -0.2) is 35.3 Å². The Morgan fingerprint density at radius 3 is 2.92 bits per heavy atom. The largest absolute Gasteiger partial charge is 0.491 e. The Balaban J connectivity index is 1.53. The molecule has 1 amide bonds. The third-order valence-electron chi connectivity index (χ3n) is 3.76. The maximum Gasteiger partial charge on any atom is 0.253 e. The highest BCUT2D eigenvalue weighted by molar-refractivity contribution is 6.05. The molecule has 0 aliphatic carbocycles. The van der Waals surface area contributed by atoms with Crippen molar-refractivity contribution >= 4 is 16.8 Å². The average molecular weight is 324 g/mol. The van der Waals surface area contributed by atoms with E-state index in [4.69, 9.17) is 4.74 Å². The number of amides is 1. The second-order valence-electron chi connectivity index (χ2n) is 5.74. The summed E-state index contributed by atoms with van der Waals surface area (Å²) in [5.41, 5.74) is 2.44. The van der Waals surface area contributed by atoms with E-state index in [0.717, 1.165) is 16.5 Å². The van der Waals surface area contributed by atoms with Crippen LogP contribution in [0.3, 0.4) is 0 Å². The molecule has 5 heteroatoms. The van der Waals surface area contributed by atoms with Gasteiger partial charge in [0.1, 0.15) is 18.5 Å². The van der Waals surface area contributed by atoms with Gasteiger partial charge in [0.05, 0.1) is 11.1 Å². The number of carbonyl (C=O) groups is 1. The standard InChI is InChI=1S/C19H20N2O3/c1-13-4-2-6-16(10-13)24-12-15(22)11-21-19(23)17-7-3-5-14-8-9-20-18(14)17/h2-10,15,20,22H,11-12H2,1H3,(H,21,23). The lowest BCUT2D eigenvalue weighted by Gasteiger charge is -2.14. The summed E-state index contributed by atoms with van der Waals surface area (Å²) in [5, 5.41) is 13.7. The van der Waals surface area contributed by atoms with E-state index in [9.17, 15) is 9.90 Å². The van der Waals surface area contributed by atoms with Crippen molar-refractivity contribution in [3.05, 3.63) is 65.9 Å². The molecule has 0 saturated carbocycles. The van der Waals surface area contributed by atoms with E-state index in [0.29, 0.717) is 11.3 Å². The van der Waals surface area contributed by atoms with E-state index in [-0.39, 0.29) is 19.1 Å². The van der Waals surface area contributed by atoms with Crippen molar-refractivity contribution in [3.63, 3.8) is 0 Å². The van der Waals surface area contributed by atoms with Gasteiger partial charge in [-0.25, -0.2) is 0 Å². The lowest BCUT2D eigenvalue weighted by Crippen LogP contribution is -2.35. The number of aliphatic hydroxyl groups excluding tert-OH is 1. The second-order valence-corrected chi connectivity index (χ2v) is 5.74. The summed E-state index contributed by atoms with van der Waals surface area (Å²) in [5.74, 6) is 0.481. The fraction of sp³-hybridized carbons (Fsp3) is 0.211. The molecule has 124 valence electrons. The topological polar surface area (TPSA) is 74.3 Å². The van der Waals surface area contributed by atoms with Gasteiger partial charge in [-0.2, -0.15) is 0 Å². The van der Waals surface area contributed by atoms with Crippen molar-refractivity contribution in [2.45, 2.75) is 13.0 Å². The van der Waals surface area contributed by atoms with Gasteiger partial charge in [0.2, 0.25) is 0 Å². The van der Waals surface area contributed by atoms with Crippen molar-refractivity contribution in [3.8, 4) is 5.75 Å². The molecule has 3 N–H and O–H groups in total. The highest BCUT2D eigenvalue weighted by atomic mass is 16.5. The average Bonchev–Trinajstić information content (AvgIpc) is 3.06. The van der Waals surface area contributed by atoms with Gasteiger partial charge >= 0.3 is 0 Å². The van der Waals surface area contributed by atoms with Gasteiger partial charge in [-0.15, -0.1) is 0 Å². The number of ether oxygens (including phenoxy) is 1. The molecule has 0 fully saturated rings. The van der Waals surface area contributed by atoms with E-state index in [1.165, 1.54) is 0 Å². The van der Waals surface area contributed by atoms with Crippen LogP contribution < -0.4 is 10.1 Å². The fourth-order valence-electron chi connectivity index (χ4n) is 2.54. The quantitative estimate of drug-likeness (QED) is 0.652. The van der Waals surface area contributed by atoms with E-state index >= 15 is 0 Å². The molecule has 24 heavy (non-hydrogen) atoms. The number of benzene rings is 2. The molecule has 2 aromatic carbocycles. The monoisotopic (exact) mass is 324 g/mol. The molecule has 1 atom stereocenters. The predicted octanol–water partition coefficient (Wildman–Crippen LogP) is 2.65. The van der Waals surface area contributed by atoms with E-state index in [2.05, 4.69) is 10.3 Å². The van der Waals surface area contributed by atoms with Crippen LogP contribution in [0, 0.1) is 6.92 Å². The van der Waals surface area contributed by atoms with Crippen LogP contribution in [0.1, 0.15) is 15.9 Å². The molecule has 1 aromatic heterocycles. The Kier molecular flexibility index (Phi) is 4.82. The lowest BCUT2D eigenvalue weighted by molar-refractivity contribution is 0.0845. The van der Waals surface area contributed by atoms with Crippen molar-refractivity contribution in [1.29, 1.82) is 0 Å².